The molecule has 0 saturated heterocycles. The van der Waals surface area contributed by atoms with E-state index in [0.29, 0.717) is 11.3 Å². The molecule has 1 aromatic carbocycles. The Bertz CT molecular complexity index is 273. The van der Waals surface area contributed by atoms with E-state index in [2.05, 4.69) is 5.32 Å². The van der Waals surface area contributed by atoms with Crippen LogP contribution in [0.4, 0.5) is 10.1 Å². The number of rotatable bonds is 2. The summed E-state index contributed by atoms with van der Waals surface area (Å²) in [4.78, 5) is 0. The van der Waals surface area contributed by atoms with Crippen LogP contribution < -0.4 is 11.1 Å². The first-order valence-electron chi connectivity index (χ1n) is 3.87. The maximum absolute atomic E-state index is 13.2. The second-order valence-electron chi connectivity index (χ2n) is 2.79. The molecular weight excluding hydrogens is 155 g/mol. The number of nitrogens with one attached hydrogen (secondary N) is 1. The van der Waals surface area contributed by atoms with Gasteiger partial charge in [-0.2, -0.15) is 0 Å². The van der Waals surface area contributed by atoms with Gasteiger partial charge in [0.1, 0.15) is 5.82 Å². The molecule has 3 N–H and O–H groups in total. The van der Waals surface area contributed by atoms with Crippen LogP contribution in [0.2, 0.25) is 0 Å². The van der Waals surface area contributed by atoms with E-state index in [9.17, 15) is 4.39 Å². The summed E-state index contributed by atoms with van der Waals surface area (Å²) >= 11 is 0. The summed E-state index contributed by atoms with van der Waals surface area (Å²) in [6.07, 6.45) is 0. The second-order valence-corrected chi connectivity index (χ2v) is 2.79. The maximum atomic E-state index is 13.2. The van der Waals surface area contributed by atoms with Crippen molar-refractivity contribution in [1.29, 1.82) is 0 Å². The smallest absolute Gasteiger partial charge is 0.130 e. The quantitative estimate of drug-likeness (QED) is 0.659. The normalized spacial score (nSPS) is 12.9. The van der Waals surface area contributed by atoms with Gasteiger partial charge < -0.3 is 11.1 Å². The monoisotopic (exact) mass is 168 g/mol. The molecule has 0 saturated carbocycles. The predicted molar refractivity (Wildman–Crippen MR) is 48.3 cm³/mol. The molecular formula is C9H13FN2. The molecule has 0 bridgehead atoms. The fourth-order valence-corrected chi connectivity index (χ4v) is 1.05. The average Bonchev–Trinajstić information content (AvgIpc) is 2.03. The van der Waals surface area contributed by atoms with Gasteiger partial charge in [0.05, 0.1) is 0 Å². The lowest BCUT2D eigenvalue weighted by Crippen LogP contribution is -2.13. The fraction of sp³-hybridized carbons (Fsp3) is 0.333. The van der Waals surface area contributed by atoms with E-state index in [1.54, 1.807) is 19.2 Å². The average molecular weight is 168 g/mol. The zero-order chi connectivity index (χ0) is 9.14. The zero-order valence-corrected chi connectivity index (χ0v) is 7.26. The third-order valence-electron chi connectivity index (χ3n) is 1.92. The summed E-state index contributed by atoms with van der Waals surface area (Å²) in [6.45, 7) is 1.90. The van der Waals surface area contributed by atoms with Crippen molar-refractivity contribution < 1.29 is 4.39 Å². The molecule has 0 spiro atoms. The lowest BCUT2D eigenvalue weighted by molar-refractivity contribution is 0.562. The van der Waals surface area contributed by atoms with Gasteiger partial charge in [0.2, 0.25) is 0 Å². The van der Waals surface area contributed by atoms with Gasteiger partial charge in [-0.25, -0.2) is 4.39 Å². The van der Waals surface area contributed by atoms with Crippen molar-refractivity contribution >= 4 is 5.69 Å². The number of nitrogens with two attached hydrogens (primary N) is 1. The predicted octanol–water partition coefficient (Wildman–Crippen LogP) is 1.69. The van der Waals surface area contributed by atoms with Crippen molar-refractivity contribution in [2.75, 3.05) is 12.8 Å². The van der Waals surface area contributed by atoms with Crippen molar-refractivity contribution in [3.05, 3.63) is 29.6 Å². The first kappa shape index (κ1) is 9.00. The number of anilines is 1. The van der Waals surface area contributed by atoms with Crippen LogP contribution in [0.5, 0.6) is 0 Å². The van der Waals surface area contributed by atoms with E-state index < -0.39 is 0 Å². The standard InChI is InChI=1S/C9H13FN2/c1-6(12-2)8-4-3-7(11)5-9(8)10/h3-6,12H,11H2,1-2H3/t6-/m1/s1. The van der Waals surface area contributed by atoms with Crippen LogP contribution in [-0.4, -0.2) is 7.05 Å². The number of benzene rings is 1. The summed E-state index contributed by atoms with van der Waals surface area (Å²) in [6, 6.07) is 4.76. The highest BCUT2D eigenvalue weighted by atomic mass is 19.1. The highest BCUT2D eigenvalue weighted by Crippen LogP contribution is 2.18. The lowest BCUT2D eigenvalue weighted by atomic mass is 10.1. The Labute approximate surface area is 71.6 Å². The van der Waals surface area contributed by atoms with Gasteiger partial charge in [-0.05, 0) is 26.1 Å². The maximum Gasteiger partial charge on any atom is 0.130 e. The third-order valence-corrected chi connectivity index (χ3v) is 1.92. The first-order chi connectivity index (χ1) is 5.65. The molecule has 1 rings (SSSR count). The minimum atomic E-state index is -0.253. The van der Waals surface area contributed by atoms with Crippen molar-refractivity contribution in [2.24, 2.45) is 0 Å². The molecule has 1 aromatic rings. The zero-order valence-electron chi connectivity index (χ0n) is 7.26. The van der Waals surface area contributed by atoms with E-state index in [4.69, 9.17) is 5.73 Å². The summed E-state index contributed by atoms with van der Waals surface area (Å²) in [7, 11) is 1.79. The summed E-state index contributed by atoms with van der Waals surface area (Å²) in [5, 5.41) is 2.96. The van der Waals surface area contributed by atoms with Crippen molar-refractivity contribution in [3.8, 4) is 0 Å². The lowest BCUT2D eigenvalue weighted by Gasteiger charge is -2.11. The van der Waals surface area contributed by atoms with Gasteiger partial charge in [-0.1, -0.05) is 6.07 Å². The van der Waals surface area contributed by atoms with Crippen LogP contribution in [0, 0.1) is 5.82 Å². The second kappa shape index (κ2) is 3.54. The first-order valence-corrected chi connectivity index (χ1v) is 3.87. The summed E-state index contributed by atoms with van der Waals surface area (Å²) in [5.74, 6) is -0.253. The SMILES string of the molecule is CN[C@H](C)c1ccc(N)cc1F. The molecule has 0 heterocycles. The van der Waals surface area contributed by atoms with Crippen LogP contribution >= 0.6 is 0 Å². The molecule has 0 radical (unpaired) electrons. The third kappa shape index (κ3) is 1.74. The minimum absolute atomic E-state index is 0.0191. The molecule has 0 unspecified atom stereocenters. The van der Waals surface area contributed by atoms with Gasteiger partial charge in [0.15, 0.2) is 0 Å². The molecule has 1 atom stereocenters. The van der Waals surface area contributed by atoms with Crippen molar-refractivity contribution in [1.82, 2.24) is 5.32 Å². The Morgan fingerprint density at radius 1 is 1.50 bits per heavy atom. The Hall–Kier alpha value is -1.09. The Morgan fingerprint density at radius 2 is 2.17 bits per heavy atom. The molecule has 0 fully saturated rings. The summed E-state index contributed by atoms with van der Waals surface area (Å²) in [5.41, 5.74) is 6.51. The molecule has 0 aromatic heterocycles. The van der Waals surface area contributed by atoms with E-state index >= 15 is 0 Å². The van der Waals surface area contributed by atoms with Gasteiger partial charge in [0, 0.05) is 17.3 Å². The van der Waals surface area contributed by atoms with E-state index in [-0.39, 0.29) is 11.9 Å². The fourth-order valence-electron chi connectivity index (χ4n) is 1.05. The Morgan fingerprint density at radius 3 is 2.67 bits per heavy atom. The van der Waals surface area contributed by atoms with Crippen LogP contribution in [0.3, 0.4) is 0 Å². The van der Waals surface area contributed by atoms with E-state index in [1.165, 1.54) is 6.07 Å². The van der Waals surface area contributed by atoms with E-state index in [1.807, 2.05) is 6.92 Å². The van der Waals surface area contributed by atoms with Crippen LogP contribution in [0.25, 0.3) is 0 Å². The highest BCUT2D eigenvalue weighted by molar-refractivity contribution is 5.41. The molecule has 0 aliphatic carbocycles. The highest BCUT2D eigenvalue weighted by Gasteiger charge is 2.07. The largest absolute Gasteiger partial charge is 0.399 e. The number of hydrogen-bond acceptors (Lipinski definition) is 2. The topological polar surface area (TPSA) is 38.0 Å². The minimum Gasteiger partial charge on any atom is -0.399 e. The summed E-state index contributed by atoms with van der Waals surface area (Å²) < 4.78 is 13.2. The van der Waals surface area contributed by atoms with E-state index in [0.717, 1.165) is 0 Å². The van der Waals surface area contributed by atoms with Crippen LogP contribution in [0.15, 0.2) is 18.2 Å². The Balaban J connectivity index is 3.01. The molecule has 0 aliphatic rings. The number of hydrogen-bond donors (Lipinski definition) is 2. The van der Waals surface area contributed by atoms with Gasteiger partial charge in [0.25, 0.3) is 0 Å². The number of nitrogen functional groups attached to an aromatic ring is 1. The molecule has 12 heavy (non-hydrogen) atoms. The number of halogens is 1. The molecule has 3 heteroatoms. The van der Waals surface area contributed by atoms with Crippen molar-refractivity contribution in [3.63, 3.8) is 0 Å². The Kier molecular flexibility index (Phi) is 2.65. The van der Waals surface area contributed by atoms with Gasteiger partial charge in [-0.3, -0.25) is 0 Å². The molecule has 2 nitrogen and oxygen atoms in total. The van der Waals surface area contributed by atoms with Gasteiger partial charge >= 0.3 is 0 Å². The van der Waals surface area contributed by atoms with Crippen LogP contribution in [-0.2, 0) is 0 Å². The van der Waals surface area contributed by atoms with Crippen molar-refractivity contribution in [2.45, 2.75) is 13.0 Å². The molecule has 0 aliphatic heterocycles. The van der Waals surface area contributed by atoms with Crippen LogP contribution in [0.1, 0.15) is 18.5 Å². The molecule has 66 valence electrons. The molecule has 0 amide bonds. The van der Waals surface area contributed by atoms with Gasteiger partial charge in [-0.15, -0.1) is 0 Å².